The second-order valence-corrected chi connectivity index (χ2v) is 11.0. The van der Waals surface area contributed by atoms with Crippen molar-refractivity contribution in [3.05, 3.63) is 29.8 Å². The fourth-order valence-corrected chi connectivity index (χ4v) is 5.93. The van der Waals surface area contributed by atoms with Gasteiger partial charge in [0, 0.05) is 26.4 Å². The number of piperidine rings is 1. The highest BCUT2D eigenvalue weighted by Gasteiger charge is 2.45. The lowest BCUT2D eigenvalue weighted by molar-refractivity contribution is -0.137. The minimum atomic E-state index is -4.61. The molecule has 1 aromatic carbocycles. The number of sulfone groups is 1. The van der Waals surface area contributed by atoms with Crippen molar-refractivity contribution >= 4 is 22.0 Å². The van der Waals surface area contributed by atoms with E-state index in [9.17, 15) is 26.4 Å². The van der Waals surface area contributed by atoms with Crippen LogP contribution in [0.3, 0.4) is 0 Å². The Labute approximate surface area is 174 Å². The average Bonchev–Trinajstić information content (AvgIpc) is 3.13. The zero-order valence-electron chi connectivity index (χ0n) is 17.2. The van der Waals surface area contributed by atoms with E-state index in [0.29, 0.717) is 38.5 Å². The molecule has 1 atom stereocenters. The Morgan fingerprint density at radius 3 is 2.33 bits per heavy atom. The third-order valence-electron chi connectivity index (χ3n) is 6.18. The van der Waals surface area contributed by atoms with E-state index in [0.717, 1.165) is 12.1 Å². The first-order valence-corrected chi connectivity index (χ1v) is 11.3. The highest BCUT2D eigenvalue weighted by Crippen LogP contribution is 2.39. The average molecular weight is 446 g/mol. The van der Waals surface area contributed by atoms with Crippen molar-refractivity contribution in [1.82, 2.24) is 9.91 Å². The van der Waals surface area contributed by atoms with Gasteiger partial charge in [-0.25, -0.2) is 8.42 Å². The summed E-state index contributed by atoms with van der Waals surface area (Å²) in [6.07, 6.45) is -2.05. The van der Waals surface area contributed by atoms with Gasteiger partial charge in [0.05, 0.1) is 27.7 Å². The molecule has 1 saturated heterocycles. The van der Waals surface area contributed by atoms with Crippen LogP contribution in [0, 0.1) is 11.8 Å². The lowest BCUT2D eigenvalue weighted by Crippen LogP contribution is -2.49. The fraction of sp³-hybridized carbons (Fsp3) is 0.600. The number of amides is 1. The number of alkyl halides is 3. The maximum Gasteiger partial charge on any atom is 0.416 e. The van der Waals surface area contributed by atoms with Gasteiger partial charge in [0.25, 0.3) is 0 Å². The molecule has 166 valence electrons. The Morgan fingerprint density at radius 1 is 1.17 bits per heavy atom. The summed E-state index contributed by atoms with van der Waals surface area (Å²) in [5.41, 5.74) is -0.983. The van der Waals surface area contributed by atoms with E-state index in [4.69, 9.17) is 0 Å². The highest BCUT2D eigenvalue weighted by molar-refractivity contribution is 7.92. The molecule has 1 fully saturated rings. The zero-order valence-corrected chi connectivity index (χ0v) is 18.0. The van der Waals surface area contributed by atoms with Crippen LogP contribution < -0.4 is 0 Å². The maximum atomic E-state index is 13.2. The number of hydrogen-bond donors (Lipinski definition) is 0. The number of hydrogen-bond acceptors (Lipinski definition) is 5. The van der Waals surface area contributed by atoms with E-state index in [1.165, 1.54) is 6.07 Å². The lowest BCUT2D eigenvalue weighted by atomic mass is 9.85. The van der Waals surface area contributed by atoms with Crippen molar-refractivity contribution in [2.45, 2.75) is 42.5 Å². The standard InChI is InChI=1S/C20H26F3N3O3S/c1-19(2,30(28,29)17-6-4-5-16(11-17)20(21,22)23)15-7-9-26(10-8-15)18(27)14-12-24-25(3)13-14/h4-6,11-12,14-15H,7-10,13H2,1-3H3. The number of carbonyl (C=O) groups is 1. The topological polar surface area (TPSA) is 70.1 Å². The van der Waals surface area contributed by atoms with Crippen molar-refractivity contribution in [2.24, 2.45) is 16.9 Å². The minimum Gasteiger partial charge on any atom is -0.342 e. The molecule has 30 heavy (non-hydrogen) atoms. The first kappa shape index (κ1) is 22.6. The summed E-state index contributed by atoms with van der Waals surface area (Å²) in [7, 11) is -2.22. The first-order chi connectivity index (χ1) is 13.8. The van der Waals surface area contributed by atoms with Gasteiger partial charge in [-0.15, -0.1) is 0 Å². The molecule has 2 aliphatic rings. The molecule has 0 bridgehead atoms. The third-order valence-corrected chi connectivity index (χ3v) is 8.77. The number of nitrogens with zero attached hydrogens (tertiary/aromatic N) is 3. The van der Waals surface area contributed by atoms with Gasteiger partial charge in [0.1, 0.15) is 0 Å². The molecule has 1 amide bonds. The van der Waals surface area contributed by atoms with Crippen LogP contribution in [0.2, 0.25) is 0 Å². The summed E-state index contributed by atoms with van der Waals surface area (Å²) in [6.45, 7) is 4.47. The predicted molar refractivity (Wildman–Crippen MR) is 107 cm³/mol. The van der Waals surface area contributed by atoms with Crippen LogP contribution in [0.1, 0.15) is 32.3 Å². The van der Waals surface area contributed by atoms with E-state index >= 15 is 0 Å². The summed E-state index contributed by atoms with van der Waals surface area (Å²) in [5.74, 6) is -0.602. The monoisotopic (exact) mass is 445 g/mol. The smallest absolute Gasteiger partial charge is 0.342 e. The van der Waals surface area contributed by atoms with Crippen LogP contribution in [0.4, 0.5) is 13.2 Å². The molecule has 6 nitrogen and oxygen atoms in total. The second-order valence-electron chi connectivity index (χ2n) is 8.44. The van der Waals surface area contributed by atoms with Crippen LogP contribution in [0.15, 0.2) is 34.3 Å². The Hall–Kier alpha value is -2.10. The number of halogens is 3. The maximum absolute atomic E-state index is 13.2. The number of hydrazone groups is 1. The van der Waals surface area contributed by atoms with Gasteiger partial charge < -0.3 is 4.90 Å². The summed E-state index contributed by atoms with van der Waals surface area (Å²) in [6, 6.07) is 3.89. The van der Waals surface area contributed by atoms with Crippen molar-refractivity contribution in [2.75, 3.05) is 26.7 Å². The molecule has 0 saturated carbocycles. The van der Waals surface area contributed by atoms with Gasteiger partial charge in [-0.1, -0.05) is 6.07 Å². The van der Waals surface area contributed by atoms with Gasteiger partial charge in [-0.2, -0.15) is 18.3 Å². The summed E-state index contributed by atoms with van der Waals surface area (Å²) < 4.78 is 64.3. The molecule has 0 aromatic heterocycles. The highest BCUT2D eigenvalue weighted by atomic mass is 32.2. The summed E-state index contributed by atoms with van der Waals surface area (Å²) in [5, 5.41) is 5.77. The summed E-state index contributed by atoms with van der Waals surface area (Å²) >= 11 is 0. The second kappa shape index (κ2) is 7.86. The zero-order chi connectivity index (χ0) is 22.3. The van der Waals surface area contributed by atoms with Crippen LogP contribution >= 0.6 is 0 Å². The van der Waals surface area contributed by atoms with Crippen LogP contribution in [0.25, 0.3) is 0 Å². The number of rotatable bonds is 4. The van der Waals surface area contributed by atoms with E-state index in [2.05, 4.69) is 5.10 Å². The molecule has 2 heterocycles. The Kier molecular flexibility index (Phi) is 5.92. The molecular weight excluding hydrogens is 419 g/mol. The van der Waals surface area contributed by atoms with E-state index in [1.807, 2.05) is 0 Å². The molecule has 2 aliphatic heterocycles. The van der Waals surface area contributed by atoms with Crippen LogP contribution in [-0.2, 0) is 20.8 Å². The SMILES string of the molecule is CN1CC(C(=O)N2CCC(C(C)(C)S(=O)(=O)c3cccc(C(F)(F)F)c3)CC2)C=N1. The van der Waals surface area contributed by atoms with Gasteiger partial charge >= 0.3 is 6.18 Å². The van der Waals surface area contributed by atoms with Crippen molar-refractivity contribution < 1.29 is 26.4 Å². The normalized spacial score (nSPS) is 21.3. The third kappa shape index (κ3) is 4.19. The molecule has 0 radical (unpaired) electrons. The van der Waals surface area contributed by atoms with E-state index in [-0.39, 0.29) is 22.6 Å². The van der Waals surface area contributed by atoms with Crippen molar-refractivity contribution in [1.29, 1.82) is 0 Å². The van der Waals surface area contributed by atoms with E-state index in [1.54, 1.807) is 37.0 Å². The van der Waals surface area contributed by atoms with Crippen molar-refractivity contribution in [3.63, 3.8) is 0 Å². The minimum absolute atomic E-state index is 0.0277. The molecule has 3 rings (SSSR count). The molecule has 1 unspecified atom stereocenters. The first-order valence-electron chi connectivity index (χ1n) is 9.80. The van der Waals surface area contributed by atoms with Crippen molar-refractivity contribution in [3.8, 4) is 0 Å². The molecule has 0 N–H and O–H groups in total. The van der Waals surface area contributed by atoms with E-state index < -0.39 is 26.3 Å². The number of benzene rings is 1. The van der Waals surface area contributed by atoms with Gasteiger partial charge in [0.15, 0.2) is 9.84 Å². The molecular formula is C20H26F3N3O3S. The molecule has 0 spiro atoms. The molecule has 1 aromatic rings. The predicted octanol–water partition coefficient (Wildman–Crippen LogP) is 3.04. The Morgan fingerprint density at radius 2 is 1.80 bits per heavy atom. The van der Waals surface area contributed by atoms with Gasteiger partial charge in [-0.05, 0) is 50.8 Å². The summed E-state index contributed by atoms with van der Waals surface area (Å²) in [4.78, 5) is 14.0. The van der Waals surface area contributed by atoms with Crippen LogP contribution in [0.5, 0.6) is 0 Å². The van der Waals surface area contributed by atoms with Crippen LogP contribution in [-0.4, -0.2) is 61.9 Å². The quantitative estimate of drug-likeness (QED) is 0.714. The van der Waals surface area contributed by atoms with Gasteiger partial charge in [0.2, 0.25) is 5.91 Å². The number of likely N-dealkylation sites (tertiary alicyclic amines) is 1. The van der Waals surface area contributed by atoms with Gasteiger partial charge in [-0.3, -0.25) is 9.80 Å². The Bertz CT molecular complexity index is 936. The fourth-order valence-electron chi connectivity index (χ4n) is 4.11. The molecule has 10 heteroatoms. The lowest BCUT2D eigenvalue weighted by Gasteiger charge is -2.40. The number of carbonyl (C=O) groups excluding carboxylic acids is 1. The largest absolute Gasteiger partial charge is 0.416 e. The molecule has 0 aliphatic carbocycles. The Balaban J connectivity index is 1.73.